The number of ether oxygens (including phenoxy) is 1. The van der Waals surface area contributed by atoms with Gasteiger partial charge in [-0.15, -0.1) is 0 Å². The van der Waals surface area contributed by atoms with E-state index in [1.165, 1.54) is 6.07 Å². The maximum atomic E-state index is 12.8. The van der Waals surface area contributed by atoms with Crippen LogP contribution in [0.25, 0.3) is 11.0 Å². The number of aromatic amines is 2. The number of carbonyl (C=O) groups excluding carboxylic acids is 1. The first-order chi connectivity index (χ1) is 12.1. The highest BCUT2D eigenvalue weighted by Gasteiger charge is 2.28. The molecule has 25 heavy (non-hydrogen) atoms. The molecule has 128 valence electrons. The standard InChI is InChI=1S/C16H16N6O3/c1-9-6-14(23)18-15(17-9)13-8-22(4-5-25-13)16(24)10-2-3-11-12(7-10)20-21-19-11/h2-3,6-7,13H,4-5,8H2,1H3,(H,17,18,23)(H,19,20,21). The van der Waals surface area contributed by atoms with Crippen LogP contribution in [0, 0.1) is 6.92 Å². The second-order valence-electron chi connectivity index (χ2n) is 5.91. The van der Waals surface area contributed by atoms with E-state index in [2.05, 4.69) is 25.4 Å². The molecular formula is C16H16N6O3. The van der Waals surface area contributed by atoms with Gasteiger partial charge < -0.3 is 14.6 Å². The van der Waals surface area contributed by atoms with Gasteiger partial charge in [0, 0.05) is 23.9 Å². The van der Waals surface area contributed by atoms with Gasteiger partial charge in [-0.2, -0.15) is 15.4 Å². The van der Waals surface area contributed by atoms with Crippen molar-refractivity contribution in [3.8, 4) is 0 Å². The summed E-state index contributed by atoms with van der Waals surface area (Å²) in [7, 11) is 0. The molecular weight excluding hydrogens is 324 g/mol. The molecule has 0 bridgehead atoms. The minimum absolute atomic E-state index is 0.117. The van der Waals surface area contributed by atoms with E-state index in [9.17, 15) is 9.59 Å². The summed E-state index contributed by atoms with van der Waals surface area (Å²) >= 11 is 0. The number of hydrogen-bond acceptors (Lipinski definition) is 6. The number of amides is 1. The molecule has 2 aromatic heterocycles. The quantitative estimate of drug-likeness (QED) is 0.704. The number of nitrogens with one attached hydrogen (secondary N) is 2. The number of hydrogen-bond donors (Lipinski definition) is 2. The van der Waals surface area contributed by atoms with Crippen molar-refractivity contribution in [3.63, 3.8) is 0 Å². The maximum absolute atomic E-state index is 12.8. The van der Waals surface area contributed by atoms with Crippen LogP contribution >= 0.6 is 0 Å². The Hall–Kier alpha value is -3.07. The summed E-state index contributed by atoms with van der Waals surface area (Å²) in [6.45, 7) is 2.92. The number of morpholine rings is 1. The van der Waals surface area contributed by atoms with Crippen molar-refractivity contribution in [2.24, 2.45) is 0 Å². The van der Waals surface area contributed by atoms with Crippen LogP contribution in [-0.4, -0.2) is 55.9 Å². The highest BCUT2D eigenvalue weighted by Crippen LogP contribution is 2.21. The Morgan fingerprint density at radius 2 is 2.12 bits per heavy atom. The summed E-state index contributed by atoms with van der Waals surface area (Å²) in [5, 5.41) is 10.5. The van der Waals surface area contributed by atoms with Crippen LogP contribution in [0.2, 0.25) is 0 Å². The zero-order valence-electron chi connectivity index (χ0n) is 13.5. The van der Waals surface area contributed by atoms with Gasteiger partial charge in [0.2, 0.25) is 0 Å². The smallest absolute Gasteiger partial charge is 0.254 e. The van der Waals surface area contributed by atoms with Crippen LogP contribution in [0.5, 0.6) is 0 Å². The molecule has 1 aromatic carbocycles. The van der Waals surface area contributed by atoms with Crippen LogP contribution in [0.1, 0.15) is 28.0 Å². The topological polar surface area (TPSA) is 117 Å². The Morgan fingerprint density at radius 1 is 1.28 bits per heavy atom. The molecule has 9 heteroatoms. The predicted octanol–water partition coefficient (Wildman–Crippen LogP) is 0.563. The Labute approximate surface area is 142 Å². The van der Waals surface area contributed by atoms with E-state index in [1.54, 1.807) is 30.0 Å². The normalized spacial score (nSPS) is 17.8. The number of aryl methyl sites for hydroxylation is 1. The summed E-state index contributed by atoms with van der Waals surface area (Å²) in [6.07, 6.45) is -0.457. The monoisotopic (exact) mass is 340 g/mol. The van der Waals surface area contributed by atoms with Crippen molar-refractivity contribution in [3.05, 3.63) is 51.7 Å². The Morgan fingerprint density at radius 3 is 2.96 bits per heavy atom. The van der Waals surface area contributed by atoms with Gasteiger partial charge in [0.15, 0.2) is 0 Å². The summed E-state index contributed by atoms with van der Waals surface area (Å²) in [6, 6.07) is 6.61. The lowest BCUT2D eigenvalue weighted by Crippen LogP contribution is -2.43. The largest absolute Gasteiger partial charge is 0.367 e. The third-order valence-electron chi connectivity index (χ3n) is 4.11. The van der Waals surface area contributed by atoms with Crippen molar-refractivity contribution in [2.75, 3.05) is 19.7 Å². The zero-order chi connectivity index (χ0) is 17.4. The summed E-state index contributed by atoms with van der Waals surface area (Å²) in [4.78, 5) is 33.1. The van der Waals surface area contributed by atoms with Gasteiger partial charge in [-0.1, -0.05) is 0 Å². The van der Waals surface area contributed by atoms with Gasteiger partial charge in [0.25, 0.3) is 11.5 Å². The first-order valence-electron chi connectivity index (χ1n) is 7.89. The van der Waals surface area contributed by atoms with Crippen LogP contribution in [-0.2, 0) is 4.74 Å². The Bertz CT molecular complexity index is 995. The van der Waals surface area contributed by atoms with Gasteiger partial charge in [-0.3, -0.25) is 9.59 Å². The second-order valence-corrected chi connectivity index (χ2v) is 5.91. The van der Waals surface area contributed by atoms with Crippen molar-refractivity contribution < 1.29 is 9.53 Å². The molecule has 2 N–H and O–H groups in total. The van der Waals surface area contributed by atoms with E-state index < -0.39 is 6.10 Å². The molecule has 3 heterocycles. The number of fused-ring (bicyclic) bond motifs is 1. The molecule has 0 aliphatic carbocycles. The minimum Gasteiger partial charge on any atom is -0.367 e. The third-order valence-corrected chi connectivity index (χ3v) is 4.11. The van der Waals surface area contributed by atoms with Crippen LogP contribution in [0.4, 0.5) is 0 Å². The van der Waals surface area contributed by atoms with Crippen LogP contribution in [0.3, 0.4) is 0 Å². The molecule has 1 atom stereocenters. The summed E-state index contributed by atoms with van der Waals surface area (Å²) < 4.78 is 5.69. The molecule has 1 fully saturated rings. The first kappa shape index (κ1) is 15.5. The molecule has 1 aliphatic rings. The van der Waals surface area contributed by atoms with Crippen LogP contribution in [0.15, 0.2) is 29.1 Å². The Balaban J connectivity index is 1.57. The lowest BCUT2D eigenvalue weighted by molar-refractivity contribution is -0.0269. The SMILES string of the molecule is Cc1cc(=O)[nH]c(C2CN(C(=O)c3ccc4n[nH]nc4c3)CCO2)n1. The van der Waals surface area contributed by atoms with Crippen molar-refractivity contribution in [1.29, 1.82) is 0 Å². The molecule has 0 saturated carbocycles. The minimum atomic E-state index is -0.457. The molecule has 3 aromatic rings. The molecule has 1 unspecified atom stereocenters. The van der Waals surface area contributed by atoms with Crippen molar-refractivity contribution in [2.45, 2.75) is 13.0 Å². The van der Waals surface area contributed by atoms with E-state index in [4.69, 9.17) is 4.74 Å². The van der Waals surface area contributed by atoms with Gasteiger partial charge >= 0.3 is 0 Å². The van der Waals surface area contributed by atoms with Gasteiger partial charge in [0.1, 0.15) is 23.0 Å². The zero-order valence-corrected chi connectivity index (χ0v) is 13.5. The fraction of sp³-hybridized carbons (Fsp3) is 0.312. The second kappa shape index (κ2) is 6.10. The highest BCUT2D eigenvalue weighted by molar-refractivity contribution is 5.97. The molecule has 1 saturated heterocycles. The summed E-state index contributed by atoms with van der Waals surface area (Å²) in [5.41, 5.74) is 2.26. The average molecular weight is 340 g/mol. The lowest BCUT2D eigenvalue weighted by atomic mass is 10.1. The average Bonchev–Trinajstić information content (AvgIpc) is 3.08. The number of rotatable bonds is 2. The molecule has 0 radical (unpaired) electrons. The van der Waals surface area contributed by atoms with Gasteiger partial charge in [-0.05, 0) is 25.1 Å². The lowest BCUT2D eigenvalue weighted by Gasteiger charge is -2.32. The van der Waals surface area contributed by atoms with E-state index in [0.717, 1.165) is 0 Å². The summed E-state index contributed by atoms with van der Waals surface area (Å²) in [5.74, 6) is 0.322. The molecule has 0 spiro atoms. The number of nitrogens with zero attached hydrogens (tertiary/aromatic N) is 4. The maximum Gasteiger partial charge on any atom is 0.254 e. The van der Waals surface area contributed by atoms with E-state index >= 15 is 0 Å². The Kier molecular flexibility index (Phi) is 3.77. The van der Waals surface area contributed by atoms with E-state index in [-0.39, 0.29) is 11.5 Å². The fourth-order valence-corrected chi connectivity index (χ4v) is 2.91. The number of H-pyrrole nitrogens is 2. The molecule has 9 nitrogen and oxygen atoms in total. The van der Waals surface area contributed by atoms with Crippen molar-refractivity contribution in [1.82, 2.24) is 30.3 Å². The third kappa shape index (κ3) is 3.01. The van der Waals surface area contributed by atoms with Crippen LogP contribution < -0.4 is 5.56 Å². The fourth-order valence-electron chi connectivity index (χ4n) is 2.91. The molecule has 1 aliphatic heterocycles. The molecule has 1 amide bonds. The van der Waals surface area contributed by atoms with Crippen molar-refractivity contribution >= 4 is 16.9 Å². The first-order valence-corrected chi connectivity index (χ1v) is 7.89. The predicted molar refractivity (Wildman–Crippen MR) is 88.1 cm³/mol. The van der Waals surface area contributed by atoms with Gasteiger partial charge in [0.05, 0.1) is 13.2 Å². The highest BCUT2D eigenvalue weighted by atomic mass is 16.5. The van der Waals surface area contributed by atoms with E-state index in [0.29, 0.717) is 47.8 Å². The molecule has 4 rings (SSSR count). The van der Waals surface area contributed by atoms with Gasteiger partial charge in [-0.25, -0.2) is 4.98 Å². The number of aromatic nitrogens is 5. The van der Waals surface area contributed by atoms with E-state index in [1.807, 2.05) is 0 Å². The number of benzene rings is 1. The number of carbonyl (C=O) groups is 1.